The Morgan fingerprint density at radius 1 is 1.29 bits per heavy atom. The van der Waals surface area contributed by atoms with Gasteiger partial charge in [-0.3, -0.25) is 0 Å². The molecule has 0 bridgehead atoms. The molecule has 88 valence electrons. The average molecular weight is 271 g/mol. The van der Waals surface area contributed by atoms with E-state index in [0.717, 1.165) is 0 Å². The number of benzene rings is 1. The smallest absolute Gasteiger partial charge is 0.226 e. The molecule has 1 aromatic heterocycles. The van der Waals surface area contributed by atoms with Crippen molar-refractivity contribution < 1.29 is 9.13 Å². The van der Waals surface area contributed by atoms with Crippen molar-refractivity contribution in [1.82, 2.24) is 9.97 Å². The average Bonchev–Trinajstić information content (AvgIpc) is 2.28. The highest BCUT2D eigenvalue weighted by atomic mass is 35.5. The van der Waals surface area contributed by atoms with Crippen LogP contribution in [0.15, 0.2) is 35.4 Å². The molecule has 1 aromatic carbocycles. The van der Waals surface area contributed by atoms with E-state index in [1.807, 2.05) is 6.26 Å². The Hall–Kier alpha value is -1.33. The fourth-order valence-electron chi connectivity index (χ4n) is 1.19. The third-order valence-corrected chi connectivity index (χ3v) is 2.68. The van der Waals surface area contributed by atoms with Gasteiger partial charge in [0, 0.05) is 12.1 Å². The maximum absolute atomic E-state index is 13.0. The first-order valence-electron chi connectivity index (χ1n) is 4.69. The molecular weight excluding hydrogens is 263 g/mol. The minimum Gasteiger partial charge on any atom is -0.439 e. The number of aromatic nitrogens is 2. The Balaban J connectivity index is 2.26. The highest BCUT2D eigenvalue weighted by Crippen LogP contribution is 2.24. The fourth-order valence-corrected chi connectivity index (χ4v) is 1.81. The van der Waals surface area contributed by atoms with Gasteiger partial charge in [0.1, 0.15) is 16.6 Å². The molecule has 3 nitrogen and oxygen atoms in total. The number of hydrogen-bond acceptors (Lipinski definition) is 4. The molecule has 0 N–H and O–H groups in total. The van der Waals surface area contributed by atoms with Crippen LogP contribution in [0.4, 0.5) is 4.39 Å². The predicted molar refractivity (Wildman–Crippen MR) is 65.3 cm³/mol. The van der Waals surface area contributed by atoms with Gasteiger partial charge in [-0.15, -0.1) is 11.8 Å². The van der Waals surface area contributed by atoms with Crippen molar-refractivity contribution in [3.05, 3.63) is 41.4 Å². The van der Waals surface area contributed by atoms with E-state index in [1.165, 1.54) is 23.9 Å². The first-order valence-corrected chi connectivity index (χ1v) is 6.29. The summed E-state index contributed by atoms with van der Waals surface area (Å²) in [6.07, 6.45) is 1.87. The van der Waals surface area contributed by atoms with Gasteiger partial charge in [-0.2, -0.15) is 4.98 Å². The molecule has 1 heterocycles. The molecule has 0 aliphatic rings. The van der Waals surface area contributed by atoms with Gasteiger partial charge in [0.05, 0.1) is 0 Å². The number of rotatable bonds is 3. The third kappa shape index (κ3) is 3.31. The molecule has 0 atom stereocenters. The number of halogens is 2. The first-order chi connectivity index (χ1) is 8.17. The van der Waals surface area contributed by atoms with E-state index in [2.05, 4.69) is 9.97 Å². The fraction of sp³-hybridized carbons (Fsp3) is 0.0909. The zero-order chi connectivity index (χ0) is 12.3. The Morgan fingerprint density at radius 2 is 2.12 bits per heavy atom. The summed E-state index contributed by atoms with van der Waals surface area (Å²) in [4.78, 5) is 7.88. The van der Waals surface area contributed by atoms with Crippen molar-refractivity contribution in [2.75, 3.05) is 6.26 Å². The maximum Gasteiger partial charge on any atom is 0.226 e. The van der Waals surface area contributed by atoms with E-state index in [0.29, 0.717) is 16.7 Å². The SMILES string of the molecule is CSc1cc(Oc2cccc(F)c2)nc(Cl)n1. The molecule has 0 aliphatic heterocycles. The van der Waals surface area contributed by atoms with E-state index in [-0.39, 0.29) is 11.1 Å². The lowest BCUT2D eigenvalue weighted by molar-refractivity contribution is 0.454. The highest BCUT2D eigenvalue weighted by Gasteiger charge is 2.05. The number of hydrogen-bond donors (Lipinski definition) is 0. The predicted octanol–water partition coefficient (Wildman–Crippen LogP) is 3.78. The van der Waals surface area contributed by atoms with E-state index < -0.39 is 0 Å². The summed E-state index contributed by atoms with van der Waals surface area (Å²) in [6.45, 7) is 0. The summed E-state index contributed by atoms with van der Waals surface area (Å²) < 4.78 is 18.3. The molecule has 2 aromatic rings. The molecule has 0 amide bonds. The summed E-state index contributed by atoms with van der Waals surface area (Å²) in [5.41, 5.74) is 0. The van der Waals surface area contributed by atoms with Gasteiger partial charge in [-0.05, 0) is 30.0 Å². The molecule has 0 aliphatic carbocycles. The molecule has 0 unspecified atom stereocenters. The topological polar surface area (TPSA) is 35.0 Å². The normalized spacial score (nSPS) is 10.3. The van der Waals surface area contributed by atoms with Crippen LogP contribution in [0.2, 0.25) is 5.28 Å². The van der Waals surface area contributed by atoms with Crippen LogP contribution in [-0.2, 0) is 0 Å². The van der Waals surface area contributed by atoms with Crippen LogP contribution in [0, 0.1) is 5.82 Å². The summed E-state index contributed by atoms with van der Waals surface area (Å²) in [5, 5.41) is 0.791. The van der Waals surface area contributed by atoms with Gasteiger partial charge < -0.3 is 4.74 Å². The van der Waals surface area contributed by atoms with E-state index >= 15 is 0 Å². The van der Waals surface area contributed by atoms with Crippen LogP contribution in [-0.4, -0.2) is 16.2 Å². The maximum atomic E-state index is 13.0. The molecule has 2 rings (SSSR count). The van der Waals surface area contributed by atoms with Crippen molar-refractivity contribution in [2.45, 2.75) is 5.03 Å². The van der Waals surface area contributed by atoms with Crippen LogP contribution in [0.25, 0.3) is 0 Å². The van der Waals surface area contributed by atoms with Gasteiger partial charge in [0.25, 0.3) is 0 Å². The lowest BCUT2D eigenvalue weighted by Crippen LogP contribution is -1.92. The van der Waals surface area contributed by atoms with Crippen molar-refractivity contribution in [3.8, 4) is 11.6 Å². The monoisotopic (exact) mass is 270 g/mol. The second kappa shape index (κ2) is 5.33. The zero-order valence-corrected chi connectivity index (χ0v) is 10.4. The Labute approximate surface area is 107 Å². The second-order valence-corrected chi connectivity index (χ2v) is 4.24. The number of nitrogens with zero attached hydrogens (tertiary/aromatic N) is 2. The summed E-state index contributed by atoms with van der Waals surface area (Å²) in [5.74, 6) is 0.291. The van der Waals surface area contributed by atoms with Crippen molar-refractivity contribution >= 4 is 23.4 Å². The summed E-state index contributed by atoms with van der Waals surface area (Å²) >= 11 is 7.16. The van der Waals surface area contributed by atoms with E-state index in [1.54, 1.807) is 18.2 Å². The van der Waals surface area contributed by atoms with E-state index in [4.69, 9.17) is 16.3 Å². The minimum atomic E-state index is -0.368. The molecule has 0 fully saturated rings. The Kier molecular flexibility index (Phi) is 3.81. The number of ether oxygens (including phenoxy) is 1. The summed E-state index contributed by atoms with van der Waals surface area (Å²) in [6, 6.07) is 7.45. The van der Waals surface area contributed by atoms with Gasteiger partial charge in [0.2, 0.25) is 11.2 Å². The van der Waals surface area contributed by atoms with Gasteiger partial charge >= 0.3 is 0 Å². The molecule has 6 heteroatoms. The third-order valence-electron chi connectivity index (χ3n) is 1.88. The molecule has 0 saturated carbocycles. The van der Waals surface area contributed by atoms with Gasteiger partial charge in [0.15, 0.2) is 0 Å². The molecule has 0 saturated heterocycles. The van der Waals surface area contributed by atoms with Crippen LogP contribution >= 0.6 is 23.4 Å². The van der Waals surface area contributed by atoms with Crippen molar-refractivity contribution in [3.63, 3.8) is 0 Å². The van der Waals surface area contributed by atoms with Crippen molar-refractivity contribution in [2.24, 2.45) is 0 Å². The minimum absolute atomic E-state index is 0.100. The molecule has 17 heavy (non-hydrogen) atoms. The van der Waals surface area contributed by atoms with E-state index in [9.17, 15) is 4.39 Å². The quantitative estimate of drug-likeness (QED) is 0.483. The van der Waals surface area contributed by atoms with Gasteiger partial charge in [-0.1, -0.05) is 6.07 Å². The van der Waals surface area contributed by atoms with Gasteiger partial charge in [-0.25, -0.2) is 9.37 Å². The second-order valence-electron chi connectivity index (χ2n) is 3.08. The Morgan fingerprint density at radius 3 is 2.82 bits per heavy atom. The molecule has 0 spiro atoms. The highest BCUT2D eigenvalue weighted by molar-refractivity contribution is 7.98. The largest absolute Gasteiger partial charge is 0.439 e. The standard InChI is InChI=1S/C11H8ClFN2OS/c1-17-10-6-9(14-11(12)15-10)16-8-4-2-3-7(13)5-8/h2-6H,1H3. The van der Waals surface area contributed by atoms with Crippen LogP contribution in [0.3, 0.4) is 0 Å². The van der Waals surface area contributed by atoms with Crippen LogP contribution in [0.5, 0.6) is 11.6 Å². The summed E-state index contributed by atoms with van der Waals surface area (Å²) in [7, 11) is 0. The Bertz CT molecular complexity index is 539. The lowest BCUT2D eigenvalue weighted by atomic mass is 10.3. The zero-order valence-electron chi connectivity index (χ0n) is 8.85. The van der Waals surface area contributed by atoms with Crippen LogP contribution in [0.1, 0.15) is 0 Å². The lowest BCUT2D eigenvalue weighted by Gasteiger charge is -2.05. The van der Waals surface area contributed by atoms with Crippen molar-refractivity contribution in [1.29, 1.82) is 0 Å². The van der Waals surface area contributed by atoms with Crippen LogP contribution < -0.4 is 4.74 Å². The molecule has 0 radical (unpaired) electrons. The molecular formula is C11H8ClFN2OS. The first kappa shape index (κ1) is 12.1. The number of thioether (sulfide) groups is 1.